The predicted octanol–water partition coefficient (Wildman–Crippen LogP) is 10.1. The highest BCUT2D eigenvalue weighted by atomic mass is 19.4. The minimum atomic E-state index is -5.12. The largest absolute Gasteiger partial charge is 0.494 e. The van der Waals surface area contributed by atoms with Crippen LogP contribution in [0, 0.1) is 5.41 Å². The molecule has 3 aromatic rings. The van der Waals surface area contributed by atoms with Gasteiger partial charge in [0.25, 0.3) is 0 Å². The number of benzene rings is 2. The molecule has 2 aliphatic rings. The monoisotopic (exact) mass is 730 g/mol. The zero-order valence-corrected chi connectivity index (χ0v) is 27.5. The number of carboxylic acids is 1. The molecule has 5 rings (SSSR count). The highest BCUT2D eigenvalue weighted by Gasteiger charge is 2.44. The Labute approximate surface area is 285 Å². The Morgan fingerprint density at radius 1 is 0.961 bits per heavy atom. The lowest BCUT2D eigenvalue weighted by Gasteiger charge is -2.35. The number of nitrogens with zero attached hydrogens (tertiary/aromatic N) is 2. The van der Waals surface area contributed by atoms with E-state index >= 15 is 0 Å². The lowest BCUT2D eigenvalue weighted by molar-refractivity contribution is -0.143. The molecule has 0 bridgehead atoms. The summed E-state index contributed by atoms with van der Waals surface area (Å²) in [5.41, 5.74) is -5.06. The Bertz CT molecular complexity index is 1870. The van der Waals surface area contributed by atoms with Crippen molar-refractivity contribution in [1.82, 2.24) is 9.88 Å². The van der Waals surface area contributed by atoms with E-state index in [0.29, 0.717) is 48.6 Å². The zero-order chi connectivity index (χ0) is 37.8. The van der Waals surface area contributed by atoms with Gasteiger partial charge in [0.05, 0.1) is 41.1 Å². The number of hydrogen-bond donors (Lipinski definition) is 1. The van der Waals surface area contributed by atoms with Crippen LogP contribution in [0.15, 0.2) is 54.1 Å². The van der Waals surface area contributed by atoms with Crippen LogP contribution in [-0.4, -0.2) is 46.7 Å². The predicted molar refractivity (Wildman–Crippen MR) is 165 cm³/mol. The molecule has 1 aliphatic heterocycles. The van der Waals surface area contributed by atoms with Gasteiger partial charge < -0.3 is 14.6 Å². The minimum Gasteiger partial charge on any atom is -0.494 e. The molecule has 274 valence electrons. The van der Waals surface area contributed by atoms with E-state index in [1.165, 1.54) is 31.1 Å². The van der Waals surface area contributed by atoms with Crippen molar-refractivity contribution in [2.45, 2.75) is 70.7 Å². The van der Waals surface area contributed by atoms with Crippen molar-refractivity contribution >= 4 is 17.6 Å². The quantitative estimate of drug-likeness (QED) is 0.244. The van der Waals surface area contributed by atoms with Crippen molar-refractivity contribution in [1.29, 1.82) is 0 Å². The van der Waals surface area contributed by atoms with Crippen molar-refractivity contribution < 1.29 is 63.7 Å². The molecule has 0 saturated carbocycles. The first-order valence-corrected chi connectivity index (χ1v) is 15.5. The van der Waals surface area contributed by atoms with E-state index in [-0.39, 0.29) is 35.2 Å². The number of hydrogen-bond acceptors (Lipinski definition) is 5. The number of cyclic esters (lactones) is 1. The van der Waals surface area contributed by atoms with Crippen LogP contribution in [0.2, 0.25) is 0 Å². The Hall–Kier alpha value is -4.76. The number of alkyl halides is 9. The van der Waals surface area contributed by atoms with Gasteiger partial charge in [-0.3, -0.25) is 4.90 Å². The number of pyridine rings is 1. The van der Waals surface area contributed by atoms with Crippen LogP contribution in [-0.2, 0) is 23.3 Å². The lowest BCUT2D eigenvalue weighted by atomic mass is 9.73. The summed E-state index contributed by atoms with van der Waals surface area (Å²) in [5.74, 6) is -1.37. The van der Waals surface area contributed by atoms with E-state index in [2.05, 4.69) is 4.98 Å². The number of carboxylic acid groups (broad SMARTS) is 1. The van der Waals surface area contributed by atoms with Gasteiger partial charge in [-0.15, -0.1) is 0 Å². The van der Waals surface area contributed by atoms with Crippen LogP contribution in [0.25, 0.3) is 16.8 Å². The van der Waals surface area contributed by atoms with Gasteiger partial charge in [-0.1, -0.05) is 19.9 Å². The Balaban J connectivity index is 1.59. The van der Waals surface area contributed by atoms with Crippen molar-refractivity contribution in [3.05, 3.63) is 87.6 Å². The van der Waals surface area contributed by atoms with Gasteiger partial charge in [-0.2, -0.15) is 39.5 Å². The van der Waals surface area contributed by atoms with Crippen LogP contribution < -0.4 is 4.74 Å². The van der Waals surface area contributed by atoms with Crippen LogP contribution in [0.1, 0.15) is 84.4 Å². The van der Waals surface area contributed by atoms with Crippen molar-refractivity contribution in [2.24, 2.45) is 5.41 Å². The van der Waals surface area contributed by atoms with Gasteiger partial charge in [-0.05, 0) is 90.8 Å². The molecule has 1 amide bonds. The Kier molecular flexibility index (Phi) is 9.62. The van der Waals surface area contributed by atoms with Gasteiger partial charge >= 0.3 is 30.6 Å². The molecule has 1 aromatic heterocycles. The van der Waals surface area contributed by atoms with E-state index in [1.54, 1.807) is 0 Å². The lowest BCUT2D eigenvalue weighted by Crippen LogP contribution is -2.35. The summed E-state index contributed by atoms with van der Waals surface area (Å²) in [5, 5.41) is 9.28. The van der Waals surface area contributed by atoms with Crippen LogP contribution >= 0.6 is 0 Å². The molecule has 51 heavy (non-hydrogen) atoms. The van der Waals surface area contributed by atoms with Crippen LogP contribution in [0.5, 0.6) is 5.75 Å². The Morgan fingerprint density at radius 3 is 2.14 bits per heavy atom. The second-order valence-electron chi connectivity index (χ2n) is 13.2. The fourth-order valence-corrected chi connectivity index (χ4v) is 6.47. The number of aromatic nitrogens is 1. The second kappa shape index (κ2) is 13.1. The van der Waals surface area contributed by atoms with Gasteiger partial charge in [0.1, 0.15) is 17.5 Å². The minimum absolute atomic E-state index is 0.0173. The summed E-state index contributed by atoms with van der Waals surface area (Å²) in [6.45, 7) is 5.13. The maximum absolute atomic E-state index is 14.1. The maximum atomic E-state index is 14.1. The molecule has 1 saturated heterocycles. The second-order valence-corrected chi connectivity index (χ2v) is 13.2. The SMILES string of the molecule is COc1ccc(-c2ccc(C(=O)O)cc2C(F)(F)F)nc1C1=C(CN2C(=O)O[C@H](c3cc(C(F)(F)F)cc(C(F)(F)F)c3)[C@@H]2C)CC(C)(C)CC1. The molecule has 0 radical (unpaired) electrons. The number of rotatable bonds is 7. The topological polar surface area (TPSA) is 89.0 Å². The average Bonchev–Trinajstić information content (AvgIpc) is 3.31. The highest BCUT2D eigenvalue weighted by Crippen LogP contribution is 2.47. The summed E-state index contributed by atoms with van der Waals surface area (Å²) >= 11 is 0. The average molecular weight is 731 g/mol. The number of halogens is 9. The summed E-state index contributed by atoms with van der Waals surface area (Å²) < 4.78 is 135. The van der Waals surface area contributed by atoms with Gasteiger partial charge in [0, 0.05) is 12.1 Å². The molecule has 16 heteroatoms. The smallest absolute Gasteiger partial charge is 0.417 e. The molecule has 1 aliphatic carbocycles. The summed E-state index contributed by atoms with van der Waals surface area (Å²) in [6, 6.07) is 5.20. The molecular weight excluding hydrogens is 699 g/mol. The fourth-order valence-electron chi connectivity index (χ4n) is 6.47. The first kappa shape index (κ1) is 37.5. The van der Waals surface area contributed by atoms with E-state index < -0.39 is 76.1 Å². The number of carbonyl (C=O) groups excluding carboxylic acids is 1. The van der Waals surface area contributed by atoms with Crippen LogP contribution in [0.4, 0.5) is 44.3 Å². The van der Waals surface area contributed by atoms with Crippen molar-refractivity contribution in [3.8, 4) is 17.0 Å². The van der Waals surface area contributed by atoms with Gasteiger partial charge in [0.2, 0.25) is 0 Å². The number of amides is 1. The van der Waals surface area contributed by atoms with E-state index in [4.69, 9.17) is 9.47 Å². The molecular formula is C35H31F9N2O5. The fraction of sp³-hybridized carbons (Fsp3) is 0.400. The normalized spacial score (nSPS) is 19.7. The summed E-state index contributed by atoms with van der Waals surface area (Å²) in [7, 11) is 1.32. The molecule has 2 heterocycles. The molecule has 1 N–H and O–H groups in total. The van der Waals surface area contributed by atoms with Crippen LogP contribution in [0.3, 0.4) is 0 Å². The molecule has 7 nitrogen and oxygen atoms in total. The third-order valence-electron chi connectivity index (χ3n) is 9.07. The highest BCUT2D eigenvalue weighted by molar-refractivity contribution is 5.89. The molecule has 1 fully saturated rings. The number of ether oxygens (including phenoxy) is 2. The van der Waals surface area contributed by atoms with Crippen molar-refractivity contribution in [3.63, 3.8) is 0 Å². The standard InChI is InChI=1S/C35H31F9N2O5/c1-17-29(19-11-21(33(36,37)38)14-22(12-19)34(39,40)41)51-31(49)46(17)16-20-15-32(2,3)10-9-23(20)28-27(50-4)8-7-26(45-28)24-6-5-18(30(47)48)13-25(24)35(42,43)44/h5-8,11-14,17,29H,9-10,15-16H2,1-4H3,(H,47,48)/t17-,29-/m0/s1. The maximum Gasteiger partial charge on any atom is 0.417 e. The zero-order valence-electron chi connectivity index (χ0n) is 27.5. The van der Waals surface area contributed by atoms with E-state index in [1.807, 2.05) is 13.8 Å². The molecule has 0 spiro atoms. The van der Waals surface area contributed by atoms with Gasteiger partial charge in [-0.25, -0.2) is 14.6 Å². The van der Waals surface area contributed by atoms with Crippen molar-refractivity contribution in [2.75, 3.05) is 13.7 Å². The summed E-state index contributed by atoms with van der Waals surface area (Å²) in [4.78, 5) is 30.4. The first-order chi connectivity index (χ1) is 23.5. The van der Waals surface area contributed by atoms with Gasteiger partial charge in [0.15, 0.2) is 0 Å². The molecule has 2 atom stereocenters. The number of methoxy groups -OCH3 is 1. The third-order valence-corrected chi connectivity index (χ3v) is 9.07. The van der Waals surface area contributed by atoms with E-state index in [0.717, 1.165) is 12.1 Å². The number of allylic oxidation sites excluding steroid dienone is 1. The number of aromatic carboxylic acids is 1. The van der Waals surface area contributed by atoms with E-state index in [9.17, 15) is 54.2 Å². The first-order valence-electron chi connectivity index (χ1n) is 15.5. The molecule has 0 unspecified atom stereocenters. The number of carbonyl (C=O) groups is 2. The summed E-state index contributed by atoms with van der Waals surface area (Å²) in [6.07, 6.45) is -16.4. The Morgan fingerprint density at radius 2 is 1.59 bits per heavy atom. The third kappa shape index (κ3) is 7.78. The molecule has 2 aromatic carbocycles.